The second kappa shape index (κ2) is 5.09. The monoisotopic (exact) mass is 278 g/mol. The fourth-order valence-corrected chi connectivity index (χ4v) is 2.45. The summed E-state index contributed by atoms with van der Waals surface area (Å²) in [6.07, 6.45) is 0. The van der Waals surface area contributed by atoms with E-state index in [9.17, 15) is 4.79 Å². The number of nitrogens with zero attached hydrogens (tertiary/aromatic N) is 1. The van der Waals surface area contributed by atoms with Gasteiger partial charge in [-0.05, 0) is 49.6 Å². The van der Waals surface area contributed by atoms with Crippen molar-refractivity contribution in [1.29, 1.82) is 0 Å². The number of aromatic nitrogens is 2. The average molecular weight is 278 g/mol. The molecule has 3 nitrogen and oxygen atoms in total. The highest BCUT2D eigenvalue weighted by molar-refractivity contribution is 5.62. The molecule has 0 radical (unpaired) electrons. The molecule has 0 bridgehead atoms. The first kappa shape index (κ1) is 13.4. The highest BCUT2D eigenvalue weighted by Crippen LogP contribution is 2.20. The fourth-order valence-electron chi connectivity index (χ4n) is 2.45. The van der Waals surface area contributed by atoms with Gasteiger partial charge in [-0.15, -0.1) is 0 Å². The van der Waals surface area contributed by atoms with Crippen molar-refractivity contribution in [2.45, 2.75) is 20.8 Å². The van der Waals surface area contributed by atoms with Crippen LogP contribution in [0.15, 0.2) is 53.3 Å². The molecule has 0 spiro atoms. The van der Waals surface area contributed by atoms with E-state index in [1.165, 1.54) is 11.1 Å². The highest BCUT2D eigenvalue weighted by atomic mass is 16.1. The third-order valence-electron chi connectivity index (χ3n) is 3.93. The molecule has 0 aliphatic heterocycles. The maximum absolute atomic E-state index is 12.5. The topological polar surface area (TPSA) is 37.8 Å². The molecule has 0 saturated carbocycles. The Hall–Kier alpha value is -2.55. The van der Waals surface area contributed by atoms with Gasteiger partial charge < -0.3 is 0 Å². The van der Waals surface area contributed by atoms with Crippen LogP contribution in [0, 0.1) is 20.8 Å². The predicted molar refractivity (Wildman–Crippen MR) is 86.0 cm³/mol. The zero-order chi connectivity index (χ0) is 15.0. The number of benzene rings is 2. The van der Waals surface area contributed by atoms with Crippen LogP contribution in [-0.4, -0.2) is 9.78 Å². The van der Waals surface area contributed by atoms with E-state index in [2.05, 4.69) is 18.9 Å². The van der Waals surface area contributed by atoms with Crippen molar-refractivity contribution < 1.29 is 0 Å². The molecule has 3 heteroatoms. The summed E-state index contributed by atoms with van der Waals surface area (Å²) in [5.74, 6) is 0. The van der Waals surface area contributed by atoms with E-state index < -0.39 is 0 Å². The van der Waals surface area contributed by atoms with E-state index in [-0.39, 0.29) is 5.56 Å². The molecule has 0 amide bonds. The molecule has 0 aliphatic rings. The maximum atomic E-state index is 12.5. The molecular weight excluding hydrogens is 260 g/mol. The maximum Gasteiger partial charge on any atom is 0.274 e. The van der Waals surface area contributed by atoms with Crippen molar-refractivity contribution in [2.24, 2.45) is 0 Å². The summed E-state index contributed by atoms with van der Waals surface area (Å²) >= 11 is 0. The van der Waals surface area contributed by atoms with Gasteiger partial charge in [-0.2, -0.15) is 0 Å². The van der Waals surface area contributed by atoms with Crippen molar-refractivity contribution in [3.8, 4) is 16.9 Å². The summed E-state index contributed by atoms with van der Waals surface area (Å²) in [5.41, 5.74) is 5.89. The standard InChI is InChI=1S/C18H18N2O/c1-12-9-10-16(11-13(12)2)20-18(21)14(3)17(19-20)15-7-5-4-6-8-15/h4-11,19H,1-3H3. The smallest absolute Gasteiger partial charge is 0.274 e. The van der Waals surface area contributed by atoms with Crippen molar-refractivity contribution in [1.82, 2.24) is 9.78 Å². The SMILES string of the molecule is Cc1ccc(-n2[nH]c(-c3ccccc3)c(C)c2=O)cc1C. The van der Waals surface area contributed by atoms with Gasteiger partial charge in [0.05, 0.1) is 11.4 Å². The van der Waals surface area contributed by atoms with Crippen LogP contribution in [0.2, 0.25) is 0 Å². The van der Waals surface area contributed by atoms with Crippen molar-refractivity contribution in [3.05, 3.63) is 75.6 Å². The quantitative estimate of drug-likeness (QED) is 0.761. The van der Waals surface area contributed by atoms with Crippen LogP contribution in [0.25, 0.3) is 16.9 Å². The summed E-state index contributed by atoms with van der Waals surface area (Å²) in [6.45, 7) is 5.98. The Bertz CT molecular complexity index is 841. The van der Waals surface area contributed by atoms with Crippen molar-refractivity contribution in [2.75, 3.05) is 0 Å². The highest BCUT2D eigenvalue weighted by Gasteiger charge is 2.13. The molecule has 0 aliphatic carbocycles. The largest absolute Gasteiger partial charge is 0.290 e. The predicted octanol–water partition coefficient (Wildman–Crippen LogP) is 3.76. The summed E-state index contributed by atoms with van der Waals surface area (Å²) in [5, 5.41) is 3.23. The Balaban J connectivity index is 2.17. The number of aromatic amines is 1. The number of H-pyrrole nitrogens is 1. The lowest BCUT2D eigenvalue weighted by atomic mass is 10.1. The molecule has 21 heavy (non-hydrogen) atoms. The summed E-state index contributed by atoms with van der Waals surface area (Å²) in [4.78, 5) is 12.5. The first-order valence-electron chi connectivity index (χ1n) is 7.02. The van der Waals surface area contributed by atoms with Crippen LogP contribution in [0.5, 0.6) is 0 Å². The zero-order valence-electron chi connectivity index (χ0n) is 12.5. The van der Waals surface area contributed by atoms with E-state index >= 15 is 0 Å². The number of aryl methyl sites for hydroxylation is 2. The van der Waals surface area contributed by atoms with Gasteiger partial charge in [-0.25, -0.2) is 4.68 Å². The van der Waals surface area contributed by atoms with Gasteiger partial charge in [0.1, 0.15) is 0 Å². The fraction of sp³-hybridized carbons (Fsp3) is 0.167. The van der Waals surface area contributed by atoms with Gasteiger partial charge in [0.15, 0.2) is 0 Å². The minimum absolute atomic E-state index is 0.00268. The van der Waals surface area contributed by atoms with E-state index in [1.54, 1.807) is 4.68 Å². The second-order valence-corrected chi connectivity index (χ2v) is 5.39. The lowest BCUT2D eigenvalue weighted by Crippen LogP contribution is -2.15. The van der Waals surface area contributed by atoms with Crippen LogP contribution >= 0.6 is 0 Å². The first-order valence-corrected chi connectivity index (χ1v) is 7.02. The molecule has 0 fully saturated rings. The van der Waals surface area contributed by atoms with E-state index in [4.69, 9.17) is 0 Å². The molecule has 2 aromatic carbocycles. The third-order valence-corrected chi connectivity index (χ3v) is 3.93. The number of nitrogens with one attached hydrogen (secondary N) is 1. The van der Waals surface area contributed by atoms with Gasteiger partial charge in [-0.1, -0.05) is 36.4 Å². The molecule has 3 aromatic rings. The van der Waals surface area contributed by atoms with Crippen LogP contribution in [-0.2, 0) is 0 Å². The molecule has 1 heterocycles. The summed E-state index contributed by atoms with van der Waals surface area (Å²) < 4.78 is 1.62. The Morgan fingerprint density at radius 3 is 2.29 bits per heavy atom. The molecule has 1 aromatic heterocycles. The third kappa shape index (κ3) is 2.31. The van der Waals surface area contributed by atoms with E-state index in [1.807, 2.05) is 55.5 Å². The molecule has 3 rings (SSSR count). The first-order chi connectivity index (χ1) is 10.1. The Morgan fingerprint density at radius 2 is 1.62 bits per heavy atom. The number of hydrogen-bond acceptors (Lipinski definition) is 1. The van der Waals surface area contributed by atoms with Gasteiger partial charge in [-0.3, -0.25) is 9.89 Å². The normalized spacial score (nSPS) is 10.8. The zero-order valence-corrected chi connectivity index (χ0v) is 12.5. The number of hydrogen-bond donors (Lipinski definition) is 1. The van der Waals surface area contributed by atoms with Gasteiger partial charge in [0.25, 0.3) is 5.56 Å². The van der Waals surface area contributed by atoms with Crippen LogP contribution < -0.4 is 5.56 Å². The Labute approximate surface area is 123 Å². The summed E-state index contributed by atoms with van der Waals surface area (Å²) in [7, 11) is 0. The summed E-state index contributed by atoms with van der Waals surface area (Å²) in [6, 6.07) is 16.0. The molecule has 0 atom stereocenters. The lowest BCUT2D eigenvalue weighted by Gasteiger charge is -2.05. The number of rotatable bonds is 2. The molecule has 1 N–H and O–H groups in total. The lowest BCUT2D eigenvalue weighted by molar-refractivity contribution is 0.849. The molecule has 0 unspecified atom stereocenters. The molecular formula is C18H18N2O. The van der Waals surface area contributed by atoms with Gasteiger partial charge >= 0.3 is 0 Å². The van der Waals surface area contributed by atoms with E-state index in [0.717, 1.165) is 22.5 Å². The second-order valence-electron chi connectivity index (χ2n) is 5.39. The van der Waals surface area contributed by atoms with Crippen LogP contribution in [0.4, 0.5) is 0 Å². The van der Waals surface area contributed by atoms with Crippen molar-refractivity contribution in [3.63, 3.8) is 0 Å². The minimum atomic E-state index is -0.00268. The van der Waals surface area contributed by atoms with Gasteiger partial charge in [0.2, 0.25) is 0 Å². The van der Waals surface area contributed by atoms with Crippen LogP contribution in [0.3, 0.4) is 0 Å². The van der Waals surface area contributed by atoms with Gasteiger partial charge in [0, 0.05) is 5.56 Å². The average Bonchev–Trinajstić information content (AvgIpc) is 2.79. The van der Waals surface area contributed by atoms with Crippen LogP contribution in [0.1, 0.15) is 16.7 Å². The minimum Gasteiger partial charge on any atom is -0.290 e. The van der Waals surface area contributed by atoms with E-state index in [0.29, 0.717) is 0 Å². The molecule has 106 valence electrons. The van der Waals surface area contributed by atoms with Crippen molar-refractivity contribution >= 4 is 0 Å². The Morgan fingerprint density at radius 1 is 0.905 bits per heavy atom. The Kier molecular flexibility index (Phi) is 3.26. The molecule has 0 saturated heterocycles.